The Morgan fingerprint density at radius 2 is 1.97 bits per heavy atom. The van der Waals surface area contributed by atoms with Crippen LogP contribution in [0.2, 0.25) is 0 Å². The molecule has 4 rings (SSSR count). The first-order chi connectivity index (χ1) is 16.9. The van der Waals surface area contributed by atoms with Crippen LogP contribution in [0, 0.1) is 28.6 Å². The summed E-state index contributed by atoms with van der Waals surface area (Å²) in [5, 5.41) is 33.2. The largest absolute Gasteiger partial charge is 0.390 e. The predicted molar refractivity (Wildman–Crippen MR) is 137 cm³/mol. The van der Waals surface area contributed by atoms with E-state index in [0.717, 1.165) is 24.8 Å². The van der Waals surface area contributed by atoms with Crippen molar-refractivity contribution in [1.29, 1.82) is 0 Å². The van der Waals surface area contributed by atoms with Gasteiger partial charge in [0.2, 0.25) is 5.91 Å². The number of hydrogen-bond donors (Lipinski definition) is 3. The quantitative estimate of drug-likeness (QED) is 0.440. The number of hydrogen-bond acceptors (Lipinski definition) is 6. The SMILES string of the molecule is C=CCCC(=O)N(CCOC)C(C)C1CC[C@@]2(O)C3=CC(=O)[C@@H]4C[C@@H](O)[C@@H](O)C[C@]4(C)C3CC[C@]12C. The van der Waals surface area contributed by atoms with Crippen LogP contribution in [0.4, 0.5) is 0 Å². The second-order valence-corrected chi connectivity index (χ2v) is 12.3. The number of aliphatic hydroxyl groups is 3. The highest BCUT2D eigenvalue weighted by atomic mass is 16.5. The van der Waals surface area contributed by atoms with Gasteiger partial charge in [-0.3, -0.25) is 9.59 Å². The van der Waals surface area contributed by atoms with E-state index in [2.05, 4.69) is 27.4 Å². The smallest absolute Gasteiger partial charge is 0.223 e. The van der Waals surface area contributed by atoms with Crippen molar-refractivity contribution >= 4 is 11.7 Å². The van der Waals surface area contributed by atoms with Gasteiger partial charge in [0, 0.05) is 37.5 Å². The lowest BCUT2D eigenvalue weighted by Crippen LogP contribution is -2.61. The van der Waals surface area contributed by atoms with E-state index in [1.54, 1.807) is 19.3 Å². The number of aliphatic hydroxyl groups excluding tert-OH is 2. The highest BCUT2D eigenvalue weighted by Gasteiger charge is 2.67. The third-order valence-electron chi connectivity index (χ3n) is 10.7. The van der Waals surface area contributed by atoms with Crippen LogP contribution in [0.1, 0.15) is 72.1 Å². The third kappa shape index (κ3) is 4.11. The van der Waals surface area contributed by atoms with Crippen LogP contribution < -0.4 is 0 Å². The molecule has 4 aliphatic rings. The summed E-state index contributed by atoms with van der Waals surface area (Å²) in [4.78, 5) is 28.4. The molecule has 4 aliphatic carbocycles. The molecule has 1 amide bonds. The van der Waals surface area contributed by atoms with Crippen LogP contribution in [0.3, 0.4) is 0 Å². The molecule has 3 fully saturated rings. The summed E-state index contributed by atoms with van der Waals surface area (Å²) < 4.78 is 5.30. The number of nitrogens with zero attached hydrogens (tertiary/aromatic N) is 1. The summed E-state index contributed by atoms with van der Waals surface area (Å²) in [5.74, 6) is -0.225. The van der Waals surface area contributed by atoms with Gasteiger partial charge in [-0.05, 0) is 80.8 Å². The summed E-state index contributed by atoms with van der Waals surface area (Å²) in [6.07, 6.45) is 6.30. The summed E-state index contributed by atoms with van der Waals surface area (Å²) >= 11 is 0. The fourth-order valence-electron chi connectivity index (χ4n) is 8.52. The van der Waals surface area contributed by atoms with Crippen molar-refractivity contribution in [2.45, 2.75) is 96.0 Å². The molecule has 0 radical (unpaired) electrons. The Kier molecular flexibility index (Phi) is 7.62. The Labute approximate surface area is 215 Å². The molecule has 36 heavy (non-hydrogen) atoms. The monoisotopic (exact) mass is 503 g/mol. The van der Waals surface area contributed by atoms with Gasteiger partial charge in [0.25, 0.3) is 0 Å². The van der Waals surface area contributed by atoms with Crippen molar-refractivity contribution in [2.75, 3.05) is 20.3 Å². The molecule has 0 spiro atoms. The number of ether oxygens (including phenoxy) is 1. The van der Waals surface area contributed by atoms with Gasteiger partial charge in [-0.15, -0.1) is 6.58 Å². The van der Waals surface area contributed by atoms with Crippen LogP contribution >= 0.6 is 0 Å². The van der Waals surface area contributed by atoms with Gasteiger partial charge in [0.1, 0.15) is 0 Å². The minimum atomic E-state index is -1.13. The minimum Gasteiger partial charge on any atom is -0.390 e. The highest BCUT2D eigenvalue weighted by molar-refractivity contribution is 5.95. The Morgan fingerprint density at radius 3 is 2.64 bits per heavy atom. The average molecular weight is 504 g/mol. The Hall–Kier alpha value is -1.54. The lowest BCUT2D eigenvalue weighted by Gasteiger charge is -2.60. The molecule has 0 aliphatic heterocycles. The van der Waals surface area contributed by atoms with E-state index >= 15 is 0 Å². The minimum absolute atomic E-state index is 0.00620. The lowest BCUT2D eigenvalue weighted by atomic mass is 9.46. The summed E-state index contributed by atoms with van der Waals surface area (Å²) in [6, 6.07) is -0.0806. The van der Waals surface area contributed by atoms with E-state index in [1.165, 1.54) is 0 Å². The number of rotatable bonds is 8. The number of allylic oxidation sites excluding steroid dienone is 2. The third-order valence-corrected chi connectivity index (χ3v) is 10.7. The molecule has 3 N–H and O–H groups in total. The molecule has 0 saturated heterocycles. The van der Waals surface area contributed by atoms with Gasteiger partial charge < -0.3 is 25.0 Å². The molecule has 0 aromatic rings. The van der Waals surface area contributed by atoms with E-state index in [-0.39, 0.29) is 41.9 Å². The maximum Gasteiger partial charge on any atom is 0.223 e. The molecule has 9 atom stereocenters. The number of carbonyl (C=O) groups excluding carboxylic acids is 2. The van der Waals surface area contributed by atoms with E-state index in [9.17, 15) is 24.9 Å². The first-order valence-electron chi connectivity index (χ1n) is 13.7. The summed E-state index contributed by atoms with van der Waals surface area (Å²) in [7, 11) is 1.63. The topological polar surface area (TPSA) is 107 Å². The van der Waals surface area contributed by atoms with Gasteiger partial charge >= 0.3 is 0 Å². The highest BCUT2D eigenvalue weighted by Crippen LogP contribution is 2.67. The van der Waals surface area contributed by atoms with E-state index < -0.39 is 28.6 Å². The first-order valence-corrected chi connectivity index (χ1v) is 13.7. The zero-order valence-electron chi connectivity index (χ0n) is 22.4. The molecule has 0 bridgehead atoms. The predicted octanol–water partition coefficient (Wildman–Crippen LogP) is 3.02. The van der Waals surface area contributed by atoms with Crippen LogP contribution in [-0.4, -0.2) is 76.0 Å². The molecular formula is C29H45NO6. The average Bonchev–Trinajstić information content (AvgIpc) is 3.11. The summed E-state index contributed by atoms with van der Waals surface area (Å²) in [5.41, 5.74) is -1.27. The van der Waals surface area contributed by atoms with E-state index in [4.69, 9.17) is 4.74 Å². The van der Waals surface area contributed by atoms with E-state index in [1.807, 2.05) is 4.90 Å². The molecule has 3 saturated carbocycles. The normalized spacial score (nSPS) is 42.6. The molecule has 202 valence electrons. The fourth-order valence-corrected chi connectivity index (χ4v) is 8.52. The van der Waals surface area contributed by atoms with Crippen molar-refractivity contribution < 1.29 is 29.6 Å². The zero-order valence-corrected chi connectivity index (χ0v) is 22.4. The second-order valence-electron chi connectivity index (χ2n) is 12.3. The molecule has 7 nitrogen and oxygen atoms in total. The van der Waals surface area contributed by atoms with Crippen molar-refractivity contribution in [3.8, 4) is 0 Å². The molecule has 0 aromatic carbocycles. The van der Waals surface area contributed by atoms with Gasteiger partial charge in [-0.1, -0.05) is 19.9 Å². The van der Waals surface area contributed by atoms with Crippen molar-refractivity contribution in [1.82, 2.24) is 4.90 Å². The second kappa shape index (κ2) is 9.97. The number of methoxy groups -OCH3 is 1. The summed E-state index contributed by atoms with van der Waals surface area (Å²) in [6.45, 7) is 11.0. The molecule has 3 unspecified atom stereocenters. The molecular weight excluding hydrogens is 458 g/mol. The Balaban J connectivity index is 1.65. The first kappa shape index (κ1) is 27.5. The van der Waals surface area contributed by atoms with Gasteiger partial charge in [0.15, 0.2) is 5.78 Å². The number of carbonyl (C=O) groups is 2. The fraction of sp³-hybridized carbons (Fsp3) is 0.793. The molecule has 7 heteroatoms. The van der Waals surface area contributed by atoms with Crippen molar-refractivity contribution in [3.63, 3.8) is 0 Å². The number of ketones is 1. The molecule has 0 aromatic heterocycles. The number of fused-ring (bicyclic) bond motifs is 5. The van der Waals surface area contributed by atoms with Crippen LogP contribution in [0.25, 0.3) is 0 Å². The number of amides is 1. The van der Waals surface area contributed by atoms with E-state index in [0.29, 0.717) is 38.8 Å². The van der Waals surface area contributed by atoms with Gasteiger partial charge in [0.05, 0.1) is 24.4 Å². The van der Waals surface area contributed by atoms with Crippen LogP contribution in [-0.2, 0) is 14.3 Å². The molecule has 0 heterocycles. The lowest BCUT2D eigenvalue weighted by molar-refractivity contribution is -0.154. The Morgan fingerprint density at radius 1 is 1.25 bits per heavy atom. The van der Waals surface area contributed by atoms with Crippen molar-refractivity contribution in [3.05, 3.63) is 24.3 Å². The van der Waals surface area contributed by atoms with Crippen LogP contribution in [0.5, 0.6) is 0 Å². The van der Waals surface area contributed by atoms with Crippen molar-refractivity contribution in [2.24, 2.45) is 28.6 Å². The maximum absolute atomic E-state index is 13.4. The van der Waals surface area contributed by atoms with Gasteiger partial charge in [-0.25, -0.2) is 0 Å². The maximum atomic E-state index is 13.4. The Bertz CT molecular complexity index is 917. The van der Waals surface area contributed by atoms with Crippen LogP contribution in [0.15, 0.2) is 24.3 Å². The zero-order chi connectivity index (χ0) is 26.5. The van der Waals surface area contributed by atoms with Gasteiger partial charge in [-0.2, -0.15) is 0 Å². The standard InChI is InChI=1S/C29H45NO6/c1-6-7-8-26(34)30(13-14-36-5)18(2)19-10-12-29(35)21-15-23(31)22-16-24(32)25(33)17-27(22,3)20(21)9-11-28(19,29)4/h6,15,18-20,22,24-25,32-33,35H,1,7-14,16-17H2,2-5H3/t18?,19?,20?,22-,24+,25-,27+,28+,29+/m0/s1.